The number of hydrogen-bond donors (Lipinski definition) is 2. The van der Waals surface area contributed by atoms with Crippen molar-refractivity contribution in [3.05, 3.63) is 141 Å². The molecule has 2 fully saturated rings. The summed E-state index contributed by atoms with van der Waals surface area (Å²) < 4.78 is 27.3. The Morgan fingerprint density at radius 2 is 1.58 bits per heavy atom. The Balaban J connectivity index is 1.20. The number of benzene rings is 4. The smallest absolute Gasteiger partial charge is 0.347 e. The Bertz CT molecular complexity index is 3200. The summed E-state index contributed by atoms with van der Waals surface area (Å²) in [6, 6.07) is 17.1. The van der Waals surface area contributed by atoms with Crippen LogP contribution in [0.15, 0.2) is 97.2 Å². The Morgan fingerprint density at radius 3 is 2.26 bits per heavy atom. The number of methoxy groups -OCH3 is 4. The highest BCUT2D eigenvalue weighted by Gasteiger charge is 2.69. The summed E-state index contributed by atoms with van der Waals surface area (Å²) in [4.78, 5) is 78.0. The minimum atomic E-state index is -1.69. The number of aryl methyl sites for hydroxylation is 2. The topological polar surface area (TPSA) is 190 Å². The van der Waals surface area contributed by atoms with E-state index in [-0.39, 0.29) is 58.3 Å². The quantitative estimate of drug-likeness (QED) is 0.119. The number of allylic oxidation sites excluding steroid dienone is 2. The second-order valence-corrected chi connectivity index (χ2v) is 17.5. The van der Waals surface area contributed by atoms with E-state index in [1.807, 2.05) is 0 Å². The first-order valence-corrected chi connectivity index (χ1v) is 21.8. The van der Waals surface area contributed by atoms with E-state index in [0.717, 1.165) is 9.58 Å². The van der Waals surface area contributed by atoms with Gasteiger partial charge in [0, 0.05) is 43.1 Å². The number of halogens is 3. The lowest BCUT2D eigenvalue weighted by Gasteiger charge is -2.49. The molecule has 336 valence electrons. The van der Waals surface area contributed by atoms with Gasteiger partial charge in [0.05, 0.1) is 78.6 Å². The van der Waals surface area contributed by atoms with Gasteiger partial charge in [-0.25, -0.2) is 28.5 Å². The maximum Gasteiger partial charge on any atom is 0.347 e. The predicted octanol–water partition coefficient (Wildman–Crippen LogP) is 5.73. The van der Waals surface area contributed by atoms with E-state index in [1.165, 1.54) is 48.4 Å². The number of phenolic OH excluding ortho intramolecular Hbond substituents is 1. The third-order valence-electron chi connectivity index (χ3n) is 12.7. The average molecular weight is 990 g/mol. The number of ether oxygens (including phenoxy) is 4. The maximum atomic E-state index is 15.6. The second-order valence-electron chi connectivity index (χ2n) is 15.8. The Hall–Kier alpha value is -6.50. The predicted molar refractivity (Wildman–Crippen MR) is 244 cm³/mol. The number of aromatic hydroxyl groups is 1. The average Bonchev–Trinajstić information content (AvgIpc) is 3.68. The summed E-state index contributed by atoms with van der Waals surface area (Å²) in [6.07, 6.45) is 1.64. The van der Waals surface area contributed by atoms with Gasteiger partial charge in [-0.3, -0.25) is 19.8 Å². The number of hydrogen-bond acceptors (Lipinski definition) is 12. The number of nitrogens with one attached hydrogen (secondary N) is 1. The molecule has 20 heteroatoms. The van der Waals surface area contributed by atoms with Gasteiger partial charge in [0.15, 0.2) is 23.0 Å². The van der Waals surface area contributed by atoms with Gasteiger partial charge in [-0.05, 0) is 81.5 Å². The molecule has 3 aliphatic rings. The van der Waals surface area contributed by atoms with Crippen molar-refractivity contribution in [2.45, 2.75) is 43.3 Å². The van der Waals surface area contributed by atoms with Crippen LogP contribution in [0.25, 0.3) is 11.0 Å². The van der Waals surface area contributed by atoms with E-state index in [9.17, 15) is 19.5 Å². The van der Waals surface area contributed by atoms with E-state index in [2.05, 4.69) is 26.3 Å². The molecule has 4 atom stereocenters. The first-order chi connectivity index (χ1) is 31.2. The molecule has 0 bridgehead atoms. The van der Waals surface area contributed by atoms with Gasteiger partial charge >= 0.3 is 11.4 Å². The third-order valence-corrected chi connectivity index (χ3v) is 13.9. The monoisotopic (exact) mass is 987 g/mol. The molecule has 2 N–H and O–H groups in total. The zero-order chi connectivity index (χ0) is 46.2. The van der Waals surface area contributed by atoms with Crippen molar-refractivity contribution < 1.29 is 33.6 Å². The van der Waals surface area contributed by atoms with Crippen LogP contribution in [0, 0.1) is 5.92 Å². The normalized spacial score (nSPS) is 20.0. The molecule has 1 saturated heterocycles. The molecule has 6 aromatic rings. The SMILES string of the molecule is COc1ccc(C23C(=O)N(Nc4ccc(Cl)cc4Cl)C(=O)C2CC2C(=CCn4c(=O)n(CCc5nc6cc(OC)c(OC)cc6n(C)c5=O)c(=O)n42)C3c2cc(Br)c(O)c(OC)c2)cc1. The lowest BCUT2D eigenvalue weighted by Crippen LogP contribution is -2.53. The van der Waals surface area contributed by atoms with Gasteiger partial charge in [-0.2, -0.15) is 5.01 Å². The van der Waals surface area contributed by atoms with Gasteiger partial charge in [0.1, 0.15) is 11.4 Å². The van der Waals surface area contributed by atoms with Crippen molar-refractivity contribution in [2.24, 2.45) is 13.0 Å². The molecule has 9 rings (SSSR count). The summed E-state index contributed by atoms with van der Waals surface area (Å²) in [6.45, 7) is -0.277. The van der Waals surface area contributed by atoms with Crippen molar-refractivity contribution in [3.63, 3.8) is 0 Å². The van der Waals surface area contributed by atoms with Crippen molar-refractivity contribution in [2.75, 3.05) is 33.9 Å². The molecule has 4 heterocycles. The van der Waals surface area contributed by atoms with Crippen LogP contribution in [-0.4, -0.2) is 73.9 Å². The molecule has 2 amide bonds. The molecular formula is C45H40BrCl2N7O10. The van der Waals surface area contributed by atoms with Crippen LogP contribution in [0.3, 0.4) is 0 Å². The fourth-order valence-electron chi connectivity index (χ4n) is 9.73. The fraction of sp³-hybridized carbons (Fsp3) is 0.289. The Morgan fingerprint density at radius 1 is 0.877 bits per heavy atom. The van der Waals surface area contributed by atoms with Crippen LogP contribution in [0.2, 0.25) is 10.0 Å². The van der Waals surface area contributed by atoms with Crippen LogP contribution in [-0.2, 0) is 41.6 Å². The number of hydrazine groups is 1. The summed E-state index contributed by atoms with van der Waals surface area (Å²) in [7, 11) is 7.47. The molecule has 4 aromatic carbocycles. The van der Waals surface area contributed by atoms with Crippen LogP contribution in [0.1, 0.15) is 35.2 Å². The second kappa shape index (κ2) is 16.5. The molecular weight excluding hydrogens is 949 g/mol. The highest BCUT2D eigenvalue weighted by atomic mass is 79.9. The number of rotatable bonds is 11. The number of carbonyl (C=O) groups is 2. The number of anilines is 1. The zero-order valence-corrected chi connectivity index (χ0v) is 38.5. The van der Waals surface area contributed by atoms with Gasteiger partial charge in [-0.1, -0.05) is 41.4 Å². The first-order valence-electron chi connectivity index (χ1n) is 20.2. The summed E-state index contributed by atoms with van der Waals surface area (Å²) in [5, 5.41) is 12.4. The van der Waals surface area contributed by atoms with Gasteiger partial charge in [0.25, 0.3) is 17.4 Å². The van der Waals surface area contributed by atoms with Gasteiger partial charge in [-0.15, -0.1) is 0 Å². The van der Waals surface area contributed by atoms with E-state index < -0.39 is 52.0 Å². The van der Waals surface area contributed by atoms with E-state index in [1.54, 1.807) is 73.8 Å². The van der Waals surface area contributed by atoms with E-state index >= 15 is 9.59 Å². The number of carbonyl (C=O) groups excluding carboxylic acids is 2. The fourth-order valence-corrected chi connectivity index (χ4v) is 10.6. The largest absolute Gasteiger partial charge is 0.503 e. The van der Waals surface area contributed by atoms with E-state index in [4.69, 9.17) is 42.1 Å². The van der Waals surface area contributed by atoms with E-state index in [0.29, 0.717) is 50.0 Å². The number of phenols is 1. The number of imide groups is 1. The number of fused-ring (bicyclic) bond motifs is 5. The molecule has 1 saturated carbocycles. The number of nitrogens with zero attached hydrogens (tertiary/aromatic N) is 6. The molecule has 2 aliphatic heterocycles. The minimum absolute atomic E-state index is 0.0743. The third kappa shape index (κ3) is 6.71. The summed E-state index contributed by atoms with van der Waals surface area (Å²) in [5.74, 6) is -2.19. The molecule has 17 nitrogen and oxygen atoms in total. The lowest BCUT2D eigenvalue weighted by atomic mass is 9.53. The van der Waals surface area contributed by atoms with Crippen LogP contribution >= 0.6 is 39.1 Å². The van der Waals surface area contributed by atoms with Crippen molar-refractivity contribution in [3.8, 4) is 28.7 Å². The zero-order valence-electron chi connectivity index (χ0n) is 35.4. The standard InChI is InChI=1S/C45H40BrCl2N7O10/c1-51-34-21-36(64-4)35(63-3)20-32(34)49-31(41(51)58)13-14-52-43(60)53-15-12-26-33(55(53)44(52)61)19-27-40(57)54(50-30-11-8-24(47)18-29(30)48)42(59)45(27,23-6-9-25(62-2)10-7-23)38(26)22-16-28(46)39(56)37(17-22)65-5/h6-12,16-18,20-21,27,33,38,50,56H,13-15,19H2,1-5H3. The minimum Gasteiger partial charge on any atom is -0.503 e. The summed E-state index contributed by atoms with van der Waals surface area (Å²) >= 11 is 16.3. The van der Waals surface area contributed by atoms with Crippen molar-refractivity contribution in [1.82, 2.24) is 28.5 Å². The summed E-state index contributed by atoms with van der Waals surface area (Å²) in [5.41, 5.74) is 2.31. The highest BCUT2D eigenvalue weighted by molar-refractivity contribution is 9.10. The number of aromatic nitrogens is 5. The molecule has 0 radical (unpaired) electrons. The molecule has 4 unspecified atom stereocenters. The van der Waals surface area contributed by atoms with Crippen molar-refractivity contribution in [1.29, 1.82) is 0 Å². The highest BCUT2D eigenvalue weighted by Crippen LogP contribution is 2.62. The van der Waals surface area contributed by atoms with Gasteiger partial charge in [0.2, 0.25) is 0 Å². The van der Waals surface area contributed by atoms with Crippen LogP contribution < -0.4 is 41.3 Å². The Kier molecular flexibility index (Phi) is 11.1. The first kappa shape index (κ1) is 43.7. The molecule has 1 aliphatic carbocycles. The molecule has 0 spiro atoms. The van der Waals surface area contributed by atoms with Crippen LogP contribution in [0.4, 0.5) is 5.69 Å². The lowest BCUT2D eigenvalue weighted by molar-refractivity contribution is -0.138. The molecule has 65 heavy (non-hydrogen) atoms. The van der Waals surface area contributed by atoms with Crippen molar-refractivity contribution >= 4 is 67.7 Å². The number of amides is 2. The van der Waals surface area contributed by atoms with Gasteiger partial charge < -0.3 is 28.6 Å². The van der Waals surface area contributed by atoms with Crippen LogP contribution in [0.5, 0.6) is 28.7 Å². The maximum absolute atomic E-state index is 15.6. The molecule has 2 aromatic heterocycles. The Labute approximate surface area is 388 Å².